The lowest BCUT2D eigenvalue weighted by atomic mass is 9.92. The lowest BCUT2D eigenvalue weighted by Gasteiger charge is -2.36. The zero-order chi connectivity index (χ0) is 19.9. The van der Waals surface area contributed by atoms with Gasteiger partial charge < -0.3 is 10.2 Å². The number of urea groups is 1. The molecule has 150 valence electrons. The van der Waals surface area contributed by atoms with Crippen molar-refractivity contribution in [3.8, 4) is 0 Å². The standard InChI is InChI=1S/C21H28N4O3/c1-15(2)13-23-9-11-24(12-10-23)18(26)14-25-19(27)21(22-20(25)28)8-7-16-5-3-4-6-17(16)21/h3-6,15H,7-14H2,1-2H3,(H,22,28). The third-order valence-corrected chi connectivity index (χ3v) is 6.06. The van der Waals surface area contributed by atoms with Crippen LogP contribution in [0.1, 0.15) is 31.4 Å². The number of carbonyl (C=O) groups is 3. The number of nitrogens with one attached hydrogen (secondary N) is 1. The molecule has 2 aliphatic heterocycles. The van der Waals surface area contributed by atoms with Crippen LogP contribution in [-0.4, -0.2) is 71.8 Å². The Balaban J connectivity index is 1.42. The molecule has 1 atom stereocenters. The summed E-state index contributed by atoms with van der Waals surface area (Å²) in [6.45, 7) is 8.17. The number of aryl methyl sites for hydroxylation is 1. The van der Waals surface area contributed by atoms with Crippen LogP contribution in [0.5, 0.6) is 0 Å². The van der Waals surface area contributed by atoms with E-state index in [1.807, 2.05) is 24.3 Å². The fourth-order valence-corrected chi connectivity index (χ4v) is 4.66. The van der Waals surface area contributed by atoms with E-state index in [1.54, 1.807) is 4.90 Å². The highest BCUT2D eigenvalue weighted by atomic mass is 16.2. The van der Waals surface area contributed by atoms with Gasteiger partial charge in [0.05, 0.1) is 0 Å². The summed E-state index contributed by atoms with van der Waals surface area (Å²) in [5, 5.41) is 2.88. The van der Waals surface area contributed by atoms with Crippen LogP contribution in [0.2, 0.25) is 0 Å². The zero-order valence-corrected chi connectivity index (χ0v) is 16.6. The van der Waals surface area contributed by atoms with E-state index < -0.39 is 11.6 Å². The van der Waals surface area contributed by atoms with Gasteiger partial charge in [-0.05, 0) is 29.9 Å². The first-order valence-electron chi connectivity index (χ1n) is 10.1. The summed E-state index contributed by atoms with van der Waals surface area (Å²) < 4.78 is 0. The van der Waals surface area contributed by atoms with Crippen molar-refractivity contribution in [2.24, 2.45) is 5.92 Å². The molecule has 1 aromatic carbocycles. The minimum absolute atomic E-state index is 0.156. The lowest BCUT2D eigenvalue weighted by molar-refractivity contribution is -0.140. The Kier molecular flexibility index (Phi) is 4.87. The molecule has 0 bridgehead atoms. The van der Waals surface area contributed by atoms with Gasteiger partial charge in [-0.25, -0.2) is 4.79 Å². The van der Waals surface area contributed by atoms with E-state index >= 15 is 0 Å². The SMILES string of the molecule is CC(C)CN1CCN(C(=O)CN2C(=O)NC3(CCc4ccccc43)C2=O)CC1. The third-order valence-electron chi connectivity index (χ3n) is 6.06. The maximum atomic E-state index is 13.2. The third kappa shape index (κ3) is 3.17. The van der Waals surface area contributed by atoms with Crippen molar-refractivity contribution < 1.29 is 14.4 Å². The summed E-state index contributed by atoms with van der Waals surface area (Å²) in [5.74, 6) is 0.143. The van der Waals surface area contributed by atoms with E-state index in [2.05, 4.69) is 24.1 Å². The number of carbonyl (C=O) groups excluding carboxylic acids is 3. The molecule has 4 rings (SSSR count). The highest BCUT2D eigenvalue weighted by Crippen LogP contribution is 2.41. The number of nitrogens with zero attached hydrogens (tertiary/aromatic N) is 3. The second-order valence-corrected chi connectivity index (χ2v) is 8.46. The summed E-state index contributed by atoms with van der Waals surface area (Å²) in [4.78, 5) is 43.7. The monoisotopic (exact) mass is 384 g/mol. The molecule has 2 heterocycles. The average molecular weight is 384 g/mol. The highest BCUT2D eigenvalue weighted by molar-refractivity contribution is 6.09. The lowest BCUT2D eigenvalue weighted by Crippen LogP contribution is -2.52. The predicted octanol–water partition coefficient (Wildman–Crippen LogP) is 1.18. The number of amides is 4. The summed E-state index contributed by atoms with van der Waals surface area (Å²) in [6.07, 6.45) is 1.30. The number of fused-ring (bicyclic) bond motifs is 2. The van der Waals surface area contributed by atoms with Gasteiger partial charge in [-0.15, -0.1) is 0 Å². The Labute approximate surface area is 165 Å². The molecule has 0 aromatic heterocycles. The fraction of sp³-hybridized carbons (Fsp3) is 0.571. The van der Waals surface area contributed by atoms with Crippen LogP contribution in [-0.2, 0) is 21.5 Å². The fourth-order valence-electron chi connectivity index (χ4n) is 4.66. The average Bonchev–Trinajstić information content (AvgIpc) is 3.15. The van der Waals surface area contributed by atoms with Crippen LogP contribution in [0.15, 0.2) is 24.3 Å². The first-order chi connectivity index (χ1) is 13.4. The van der Waals surface area contributed by atoms with Gasteiger partial charge in [0, 0.05) is 32.7 Å². The molecular formula is C21H28N4O3. The summed E-state index contributed by atoms with van der Waals surface area (Å²) in [6, 6.07) is 7.26. The normalized spacial score (nSPS) is 25.0. The van der Waals surface area contributed by atoms with E-state index in [9.17, 15) is 14.4 Å². The molecule has 0 saturated carbocycles. The molecule has 2 saturated heterocycles. The van der Waals surface area contributed by atoms with Gasteiger partial charge in [-0.3, -0.25) is 19.4 Å². The van der Waals surface area contributed by atoms with Gasteiger partial charge in [0.25, 0.3) is 5.91 Å². The van der Waals surface area contributed by atoms with Crippen molar-refractivity contribution in [3.63, 3.8) is 0 Å². The maximum Gasteiger partial charge on any atom is 0.325 e. The molecule has 1 aromatic rings. The maximum absolute atomic E-state index is 13.2. The molecule has 7 nitrogen and oxygen atoms in total. The van der Waals surface area contributed by atoms with E-state index in [-0.39, 0.29) is 18.4 Å². The Morgan fingerprint density at radius 1 is 1.14 bits per heavy atom. The Morgan fingerprint density at radius 2 is 1.86 bits per heavy atom. The van der Waals surface area contributed by atoms with Gasteiger partial charge in [-0.2, -0.15) is 0 Å². The quantitative estimate of drug-likeness (QED) is 0.792. The number of imide groups is 1. The molecule has 2 fully saturated rings. The van der Waals surface area contributed by atoms with E-state index in [0.29, 0.717) is 25.4 Å². The van der Waals surface area contributed by atoms with Gasteiger partial charge >= 0.3 is 6.03 Å². The first-order valence-corrected chi connectivity index (χ1v) is 10.1. The first kappa shape index (κ1) is 18.9. The van der Waals surface area contributed by atoms with Crippen molar-refractivity contribution in [3.05, 3.63) is 35.4 Å². The topological polar surface area (TPSA) is 73.0 Å². The minimum Gasteiger partial charge on any atom is -0.339 e. The summed E-state index contributed by atoms with van der Waals surface area (Å²) in [5.41, 5.74) is 0.959. The predicted molar refractivity (Wildman–Crippen MR) is 105 cm³/mol. The van der Waals surface area contributed by atoms with Gasteiger partial charge in [0.15, 0.2) is 0 Å². The number of hydrogen-bond acceptors (Lipinski definition) is 4. The van der Waals surface area contributed by atoms with Crippen LogP contribution in [0.4, 0.5) is 4.79 Å². The molecule has 1 N–H and O–H groups in total. The minimum atomic E-state index is -0.996. The molecule has 4 amide bonds. The van der Waals surface area contributed by atoms with Crippen LogP contribution >= 0.6 is 0 Å². The van der Waals surface area contributed by atoms with Crippen LogP contribution in [0, 0.1) is 5.92 Å². The Hall–Kier alpha value is -2.41. The van der Waals surface area contributed by atoms with Crippen molar-refractivity contribution in [2.75, 3.05) is 39.3 Å². The molecule has 7 heteroatoms. The van der Waals surface area contributed by atoms with Crippen molar-refractivity contribution in [2.45, 2.75) is 32.2 Å². The number of piperazine rings is 1. The molecule has 3 aliphatic rings. The van der Waals surface area contributed by atoms with Crippen molar-refractivity contribution in [1.82, 2.24) is 20.0 Å². The number of hydrogen-bond donors (Lipinski definition) is 1. The van der Waals surface area contributed by atoms with Gasteiger partial charge in [0.1, 0.15) is 12.1 Å². The number of rotatable bonds is 4. The van der Waals surface area contributed by atoms with Crippen LogP contribution in [0.3, 0.4) is 0 Å². The van der Waals surface area contributed by atoms with Crippen molar-refractivity contribution >= 4 is 17.8 Å². The smallest absolute Gasteiger partial charge is 0.325 e. The Morgan fingerprint density at radius 3 is 2.57 bits per heavy atom. The van der Waals surface area contributed by atoms with Crippen LogP contribution in [0.25, 0.3) is 0 Å². The molecular weight excluding hydrogens is 356 g/mol. The molecule has 1 aliphatic carbocycles. The van der Waals surface area contributed by atoms with Crippen LogP contribution < -0.4 is 5.32 Å². The van der Waals surface area contributed by atoms with Crippen molar-refractivity contribution in [1.29, 1.82) is 0 Å². The molecule has 1 spiro atoms. The van der Waals surface area contributed by atoms with Gasteiger partial charge in [-0.1, -0.05) is 38.1 Å². The molecule has 0 radical (unpaired) electrons. The molecule has 28 heavy (non-hydrogen) atoms. The second-order valence-electron chi connectivity index (χ2n) is 8.46. The summed E-state index contributed by atoms with van der Waals surface area (Å²) >= 11 is 0. The van der Waals surface area contributed by atoms with E-state index in [1.165, 1.54) is 0 Å². The zero-order valence-electron chi connectivity index (χ0n) is 16.6. The summed E-state index contributed by atoms with van der Waals surface area (Å²) in [7, 11) is 0. The second kappa shape index (κ2) is 7.20. The Bertz CT molecular complexity index is 801. The largest absolute Gasteiger partial charge is 0.339 e. The van der Waals surface area contributed by atoms with E-state index in [4.69, 9.17) is 0 Å². The van der Waals surface area contributed by atoms with Gasteiger partial charge in [0.2, 0.25) is 5.91 Å². The molecule has 1 unspecified atom stereocenters. The highest BCUT2D eigenvalue weighted by Gasteiger charge is 2.55. The van der Waals surface area contributed by atoms with E-state index in [0.717, 1.165) is 42.1 Å². The number of benzene rings is 1.